The van der Waals surface area contributed by atoms with Crippen molar-refractivity contribution in [2.75, 3.05) is 0 Å². The van der Waals surface area contributed by atoms with Crippen LogP contribution >= 0.6 is 0 Å². The molecule has 54 heavy (non-hydrogen) atoms. The Morgan fingerprint density at radius 2 is 0.704 bits per heavy atom. The van der Waals surface area contributed by atoms with Crippen molar-refractivity contribution >= 4 is 64.6 Å². The molecule has 10 aromatic carbocycles. The molecule has 11 rings (SSSR count). The number of hydrogen-bond donors (Lipinski definition) is 0. The summed E-state index contributed by atoms with van der Waals surface area (Å²) in [5, 5.41) is 14.4. The molecule has 3 nitrogen and oxygen atoms in total. The van der Waals surface area contributed by atoms with Gasteiger partial charge in [-0.1, -0.05) is 170 Å². The topological polar surface area (TPSA) is 38.7 Å². The molecule has 0 saturated carbocycles. The fourth-order valence-corrected chi connectivity index (χ4v) is 8.16. The maximum Gasteiger partial charge on any atom is 0.164 e. The molecular weight excluding hydrogens is 655 g/mol. The lowest BCUT2D eigenvalue weighted by atomic mass is 9.91. The van der Waals surface area contributed by atoms with Crippen molar-refractivity contribution in [3.8, 4) is 45.3 Å². The number of rotatable bonds is 4. The number of benzene rings is 10. The molecule has 11 aromatic rings. The highest BCUT2D eigenvalue weighted by Crippen LogP contribution is 2.39. The van der Waals surface area contributed by atoms with Gasteiger partial charge in [-0.15, -0.1) is 0 Å². The Labute approximate surface area is 311 Å². The van der Waals surface area contributed by atoms with Crippen LogP contribution in [0.4, 0.5) is 0 Å². The molecule has 1 aromatic heterocycles. The number of aromatic nitrogens is 3. The van der Waals surface area contributed by atoms with E-state index < -0.39 is 0 Å². The predicted octanol–water partition coefficient (Wildman–Crippen LogP) is 13.5. The highest BCUT2D eigenvalue weighted by Gasteiger charge is 2.18. The second kappa shape index (κ2) is 12.2. The van der Waals surface area contributed by atoms with Gasteiger partial charge in [-0.2, -0.15) is 0 Å². The lowest BCUT2D eigenvalue weighted by Crippen LogP contribution is -2.01. The first-order valence-corrected chi connectivity index (χ1v) is 18.3. The molecule has 0 spiro atoms. The number of nitrogens with zero attached hydrogens (tertiary/aromatic N) is 3. The zero-order valence-electron chi connectivity index (χ0n) is 29.2. The van der Waals surface area contributed by atoms with E-state index in [1.807, 2.05) is 0 Å². The summed E-state index contributed by atoms with van der Waals surface area (Å²) < 4.78 is 0. The van der Waals surface area contributed by atoms with E-state index in [1.165, 1.54) is 43.1 Å². The van der Waals surface area contributed by atoms with E-state index >= 15 is 0 Å². The largest absolute Gasteiger partial charge is 0.208 e. The molecule has 250 valence electrons. The molecule has 0 amide bonds. The maximum absolute atomic E-state index is 5.25. The van der Waals surface area contributed by atoms with Crippen LogP contribution in [0.15, 0.2) is 188 Å². The lowest BCUT2D eigenvalue weighted by Gasteiger charge is -2.15. The van der Waals surface area contributed by atoms with Gasteiger partial charge < -0.3 is 0 Å². The summed E-state index contributed by atoms with van der Waals surface area (Å²) in [5.41, 5.74) is 5.17. The van der Waals surface area contributed by atoms with Crippen LogP contribution in [0.25, 0.3) is 110 Å². The van der Waals surface area contributed by atoms with Crippen LogP contribution in [0.1, 0.15) is 0 Å². The van der Waals surface area contributed by atoms with E-state index in [9.17, 15) is 0 Å². The Hall–Kier alpha value is -7.23. The lowest BCUT2D eigenvalue weighted by molar-refractivity contribution is 1.08. The molecule has 0 unspecified atom stereocenters. The molecule has 0 fully saturated rings. The van der Waals surface area contributed by atoms with E-state index in [-0.39, 0.29) is 0 Å². The van der Waals surface area contributed by atoms with Gasteiger partial charge in [-0.05, 0) is 88.6 Å². The first-order valence-electron chi connectivity index (χ1n) is 18.3. The van der Waals surface area contributed by atoms with Crippen molar-refractivity contribution < 1.29 is 0 Å². The van der Waals surface area contributed by atoms with Crippen molar-refractivity contribution in [2.45, 2.75) is 0 Å². The molecule has 0 saturated heterocycles. The van der Waals surface area contributed by atoms with Crippen LogP contribution in [0, 0.1) is 0 Å². The number of fused-ring (bicyclic) bond motifs is 8. The zero-order valence-corrected chi connectivity index (χ0v) is 29.2. The van der Waals surface area contributed by atoms with Gasteiger partial charge in [0, 0.05) is 22.1 Å². The van der Waals surface area contributed by atoms with Crippen LogP contribution in [-0.4, -0.2) is 15.0 Å². The summed E-state index contributed by atoms with van der Waals surface area (Å²) in [5.74, 6) is 1.94. The minimum Gasteiger partial charge on any atom is -0.208 e. The Bertz CT molecular complexity index is 3190. The molecular formula is C51H31N3. The summed E-state index contributed by atoms with van der Waals surface area (Å²) in [6, 6.07) is 67.2. The molecule has 0 radical (unpaired) electrons. The van der Waals surface area contributed by atoms with Gasteiger partial charge in [0.15, 0.2) is 17.5 Å². The van der Waals surface area contributed by atoms with Crippen LogP contribution in [0.5, 0.6) is 0 Å². The Morgan fingerprint density at radius 1 is 0.241 bits per heavy atom. The van der Waals surface area contributed by atoms with Gasteiger partial charge in [-0.25, -0.2) is 15.0 Å². The third-order valence-corrected chi connectivity index (χ3v) is 10.9. The molecule has 0 aliphatic rings. The Kier molecular flexibility index (Phi) is 6.86. The van der Waals surface area contributed by atoms with Crippen molar-refractivity contribution in [3.05, 3.63) is 188 Å². The molecule has 0 N–H and O–H groups in total. The number of hydrogen-bond acceptors (Lipinski definition) is 3. The average molecular weight is 686 g/mol. The minimum absolute atomic E-state index is 0.645. The third kappa shape index (κ3) is 5.02. The fourth-order valence-electron chi connectivity index (χ4n) is 8.16. The van der Waals surface area contributed by atoms with Crippen LogP contribution in [0.3, 0.4) is 0 Å². The van der Waals surface area contributed by atoms with Gasteiger partial charge in [-0.3, -0.25) is 0 Å². The Morgan fingerprint density at radius 3 is 1.37 bits per heavy atom. The predicted molar refractivity (Wildman–Crippen MR) is 227 cm³/mol. The van der Waals surface area contributed by atoms with E-state index in [4.69, 9.17) is 15.0 Å². The van der Waals surface area contributed by atoms with Crippen molar-refractivity contribution in [2.24, 2.45) is 0 Å². The highest BCUT2D eigenvalue weighted by molar-refractivity contribution is 6.18. The van der Waals surface area contributed by atoms with Gasteiger partial charge >= 0.3 is 0 Å². The average Bonchev–Trinajstić information content (AvgIpc) is 3.25. The summed E-state index contributed by atoms with van der Waals surface area (Å²) >= 11 is 0. The zero-order chi connectivity index (χ0) is 35.6. The van der Waals surface area contributed by atoms with Gasteiger partial charge in [0.25, 0.3) is 0 Å². The van der Waals surface area contributed by atoms with Crippen molar-refractivity contribution in [1.82, 2.24) is 15.0 Å². The van der Waals surface area contributed by atoms with Gasteiger partial charge in [0.2, 0.25) is 0 Å². The second-order valence-electron chi connectivity index (χ2n) is 14.0. The molecule has 0 aliphatic carbocycles. The quantitative estimate of drug-likeness (QED) is 0.173. The summed E-state index contributed by atoms with van der Waals surface area (Å²) in [6.07, 6.45) is 0. The normalized spacial score (nSPS) is 11.7. The molecule has 0 bridgehead atoms. The van der Waals surface area contributed by atoms with E-state index in [2.05, 4.69) is 188 Å². The van der Waals surface area contributed by atoms with Gasteiger partial charge in [0.1, 0.15) is 0 Å². The summed E-state index contributed by atoms with van der Waals surface area (Å²) in [7, 11) is 0. The van der Waals surface area contributed by atoms with E-state index in [1.54, 1.807) is 0 Å². The smallest absolute Gasteiger partial charge is 0.164 e. The van der Waals surface area contributed by atoms with Crippen LogP contribution < -0.4 is 0 Å². The first kappa shape index (κ1) is 30.4. The first-order chi connectivity index (χ1) is 26.7. The van der Waals surface area contributed by atoms with Crippen molar-refractivity contribution in [3.63, 3.8) is 0 Å². The minimum atomic E-state index is 0.645. The standard InChI is InChI=1S/C51H31N3/c1-3-12-37-29-40(23-19-32(37)9-1)49-52-50(41-24-20-33-10-2-4-13-38(33)30-41)54-51(53-49)46-18-8-15-36-14-7-17-43(48(36)46)39-22-21-35-26-27-44-42-16-6-5-11-34(42)25-28-45(44)47(35)31-39/h1-31H. The highest BCUT2D eigenvalue weighted by atomic mass is 15.0. The SMILES string of the molecule is c1ccc2cc(-c3nc(-c4ccc5ccccc5c4)nc(-c4cccc5cccc(-c6ccc7ccc8c9ccccc9ccc8c7c6)c45)n3)ccc2c1. The van der Waals surface area contributed by atoms with Crippen LogP contribution in [0.2, 0.25) is 0 Å². The van der Waals surface area contributed by atoms with E-state index in [0.717, 1.165) is 49.4 Å². The third-order valence-electron chi connectivity index (χ3n) is 10.9. The monoisotopic (exact) mass is 685 g/mol. The van der Waals surface area contributed by atoms with Crippen LogP contribution in [-0.2, 0) is 0 Å². The fraction of sp³-hybridized carbons (Fsp3) is 0. The molecule has 0 atom stereocenters. The molecule has 0 aliphatic heterocycles. The van der Waals surface area contributed by atoms with Gasteiger partial charge in [0.05, 0.1) is 0 Å². The van der Waals surface area contributed by atoms with E-state index in [0.29, 0.717) is 17.5 Å². The Balaban J connectivity index is 1.14. The molecule has 1 heterocycles. The maximum atomic E-state index is 5.25. The molecule has 3 heteroatoms. The summed E-state index contributed by atoms with van der Waals surface area (Å²) in [6.45, 7) is 0. The summed E-state index contributed by atoms with van der Waals surface area (Å²) in [4.78, 5) is 15.6. The second-order valence-corrected chi connectivity index (χ2v) is 14.0. The van der Waals surface area contributed by atoms with Crippen molar-refractivity contribution in [1.29, 1.82) is 0 Å².